The highest BCUT2D eigenvalue weighted by Gasteiger charge is 2.29. The van der Waals surface area contributed by atoms with Gasteiger partial charge in [-0.15, -0.1) is 10.2 Å². The van der Waals surface area contributed by atoms with Gasteiger partial charge in [0.25, 0.3) is 0 Å². The van der Waals surface area contributed by atoms with E-state index in [9.17, 15) is 12.8 Å². The number of halogens is 1. The molecule has 0 radical (unpaired) electrons. The summed E-state index contributed by atoms with van der Waals surface area (Å²) in [5.41, 5.74) is 0.198. The molecule has 9 nitrogen and oxygen atoms in total. The predicted octanol–water partition coefficient (Wildman–Crippen LogP) is 1.57. The summed E-state index contributed by atoms with van der Waals surface area (Å²) in [6.07, 6.45) is 2.72. The van der Waals surface area contributed by atoms with Crippen molar-refractivity contribution in [3.8, 4) is 0 Å². The van der Waals surface area contributed by atoms with E-state index in [0.717, 1.165) is 51.0 Å². The van der Waals surface area contributed by atoms with Crippen LogP contribution < -0.4 is 9.80 Å². The topological polar surface area (TPSA) is 82.1 Å². The molecule has 5 rings (SSSR count). The van der Waals surface area contributed by atoms with Gasteiger partial charge < -0.3 is 14.5 Å². The van der Waals surface area contributed by atoms with E-state index in [-0.39, 0.29) is 11.3 Å². The maximum absolute atomic E-state index is 13.9. The lowest BCUT2D eigenvalue weighted by Gasteiger charge is -2.36. The second-order valence-electron chi connectivity index (χ2n) is 9.41. The molecule has 0 saturated carbocycles. The zero-order valence-electron chi connectivity index (χ0n) is 19.9. The monoisotopic (exact) mass is 504 g/mol. The average Bonchev–Trinajstić information content (AvgIpc) is 3.39. The fraction of sp³-hybridized carbons (Fsp3) is 0.583. The first-order chi connectivity index (χ1) is 17.0. The predicted molar refractivity (Wildman–Crippen MR) is 132 cm³/mol. The van der Waals surface area contributed by atoms with Crippen LogP contribution >= 0.6 is 0 Å². The molecule has 0 bridgehead atoms. The van der Waals surface area contributed by atoms with Crippen LogP contribution in [0.3, 0.4) is 0 Å². The van der Waals surface area contributed by atoms with Gasteiger partial charge in [-0.2, -0.15) is 4.31 Å². The Morgan fingerprint density at radius 2 is 1.51 bits per heavy atom. The lowest BCUT2D eigenvalue weighted by atomic mass is 10.2. The smallest absolute Gasteiger partial charge is 0.218 e. The number of rotatable bonds is 7. The summed E-state index contributed by atoms with van der Waals surface area (Å²) in [5, 5.41) is 8.89. The van der Waals surface area contributed by atoms with Crippen molar-refractivity contribution in [2.24, 2.45) is 0 Å². The van der Waals surface area contributed by atoms with Crippen LogP contribution in [0.25, 0.3) is 0 Å². The molecule has 3 aliphatic rings. The highest BCUT2D eigenvalue weighted by molar-refractivity contribution is 7.88. The van der Waals surface area contributed by atoms with E-state index in [1.807, 2.05) is 17.0 Å². The van der Waals surface area contributed by atoms with Crippen molar-refractivity contribution in [1.29, 1.82) is 0 Å². The fourth-order valence-electron chi connectivity index (χ4n) is 4.99. The summed E-state index contributed by atoms with van der Waals surface area (Å²) >= 11 is 0. The number of sulfonamides is 1. The maximum atomic E-state index is 13.9. The van der Waals surface area contributed by atoms with Gasteiger partial charge in [-0.25, -0.2) is 12.8 Å². The molecular weight excluding hydrogens is 471 g/mol. The van der Waals surface area contributed by atoms with Crippen LogP contribution in [0.2, 0.25) is 0 Å². The van der Waals surface area contributed by atoms with Crippen molar-refractivity contribution < 1.29 is 17.5 Å². The van der Waals surface area contributed by atoms with Gasteiger partial charge in [0, 0.05) is 71.1 Å². The molecule has 0 spiro atoms. The van der Waals surface area contributed by atoms with Crippen molar-refractivity contribution in [3.05, 3.63) is 47.8 Å². The minimum atomic E-state index is -3.59. The summed E-state index contributed by atoms with van der Waals surface area (Å²) in [4.78, 5) is 6.77. The Labute approximate surface area is 206 Å². The molecule has 1 unspecified atom stereocenters. The van der Waals surface area contributed by atoms with E-state index < -0.39 is 15.8 Å². The largest absolute Gasteiger partial charge is 0.377 e. The number of nitrogens with zero attached hydrogens (tertiary/aromatic N) is 6. The van der Waals surface area contributed by atoms with Crippen molar-refractivity contribution in [2.45, 2.75) is 24.7 Å². The van der Waals surface area contributed by atoms with Crippen molar-refractivity contribution in [3.63, 3.8) is 0 Å². The molecule has 1 atom stereocenters. The number of piperazine rings is 2. The van der Waals surface area contributed by atoms with Crippen LogP contribution in [0, 0.1) is 5.82 Å². The first kappa shape index (κ1) is 24.4. The summed E-state index contributed by atoms with van der Waals surface area (Å²) < 4.78 is 46.7. The molecule has 0 aliphatic carbocycles. The van der Waals surface area contributed by atoms with E-state index in [1.54, 1.807) is 12.1 Å². The first-order valence-corrected chi connectivity index (χ1v) is 14.0. The molecule has 3 fully saturated rings. The quantitative estimate of drug-likeness (QED) is 0.562. The summed E-state index contributed by atoms with van der Waals surface area (Å²) in [6, 6.07) is 9.98. The Morgan fingerprint density at radius 3 is 2.09 bits per heavy atom. The number of anilines is 2. The van der Waals surface area contributed by atoms with Crippen LogP contribution in [0.1, 0.15) is 18.4 Å². The van der Waals surface area contributed by atoms with E-state index >= 15 is 0 Å². The maximum Gasteiger partial charge on any atom is 0.218 e. The highest BCUT2D eigenvalue weighted by atomic mass is 32.2. The van der Waals surface area contributed by atoms with Gasteiger partial charge in [0.15, 0.2) is 11.6 Å². The minimum Gasteiger partial charge on any atom is -0.377 e. The minimum absolute atomic E-state index is 0.198. The molecule has 11 heteroatoms. The van der Waals surface area contributed by atoms with E-state index in [2.05, 4.69) is 20.0 Å². The third kappa shape index (κ3) is 5.91. The lowest BCUT2D eigenvalue weighted by molar-refractivity contribution is 0.0712. The van der Waals surface area contributed by atoms with Crippen LogP contribution in [0.5, 0.6) is 0 Å². The SMILES string of the molecule is O=S(=O)(Cc1ccccc1F)N1CCN(c2ccc(N3CCN(CC4CCCO4)CC3)nn2)CC1. The van der Waals surface area contributed by atoms with Crippen molar-refractivity contribution >= 4 is 21.7 Å². The number of benzene rings is 1. The van der Waals surface area contributed by atoms with E-state index in [0.29, 0.717) is 32.3 Å². The molecule has 35 heavy (non-hydrogen) atoms. The molecule has 4 heterocycles. The molecule has 0 N–H and O–H groups in total. The third-order valence-electron chi connectivity index (χ3n) is 7.07. The third-order valence-corrected chi connectivity index (χ3v) is 8.90. The second kappa shape index (κ2) is 10.7. The van der Waals surface area contributed by atoms with Gasteiger partial charge in [-0.05, 0) is 31.0 Å². The van der Waals surface area contributed by atoms with Gasteiger partial charge in [0.2, 0.25) is 10.0 Å². The summed E-state index contributed by atoms with van der Waals surface area (Å²) in [6.45, 7) is 7.45. The van der Waals surface area contributed by atoms with Gasteiger partial charge in [0.05, 0.1) is 11.9 Å². The van der Waals surface area contributed by atoms with Crippen LogP contribution in [0.4, 0.5) is 16.0 Å². The van der Waals surface area contributed by atoms with E-state index in [4.69, 9.17) is 4.74 Å². The number of hydrogen-bond acceptors (Lipinski definition) is 8. The molecule has 1 aromatic carbocycles. The Bertz CT molecular complexity index is 1080. The summed E-state index contributed by atoms with van der Waals surface area (Å²) in [7, 11) is -3.59. The van der Waals surface area contributed by atoms with Crippen LogP contribution in [0.15, 0.2) is 36.4 Å². The molecule has 1 aromatic heterocycles. The van der Waals surface area contributed by atoms with Crippen LogP contribution in [-0.2, 0) is 20.5 Å². The first-order valence-electron chi connectivity index (χ1n) is 12.4. The number of aromatic nitrogens is 2. The molecular formula is C24H33FN6O3S. The van der Waals surface area contributed by atoms with Crippen molar-refractivity contribution in [2.75, 3.05) is 75.3 Å². The summed E-state index contributed by atoms with van der Waals surface area (Å²) in [5.74, 6) is 0.803. The Kier molecular flexibility index (Phi) is 7.47. The molecule has 3 aliphatic heterocycles. The van der Waals surface area contributed by atoms with Gasteiger partial charge in [-0.1, -0.05) is 18.2 Å². The molecule has 190 valence electrons. The molecule has 2 aromatic rings. The molecule has 3 saturated heterocycles. The fourth-order valence-corrected chi connectivity index (χ4v) is 6.52. The van der Waals surface area contributed by atoms with Gasteiger partial charge >= 0.3 is 0 Å². The Balaban J connectivity index is 1.11. The van der Waals surface area contributed by atoms with Gasteiger partial charge in [-0.3, -0.25) is 4.90 Å². The standard InChI is InChI=1S/C24H33FN6O3S/c25-22-6-2-1-4-20(22)19-35(32,33)31-15-13-30(14-16-31)24-8-7-23(26-27-24)29-11-9-28(10-12-29)18-21-5-3-17-34-21/h1-2,4,6-8,21H,3,5,9-19H2. The zero-order chi connectivity index (χ0) is 24.3. The van der Waals surface area contributed by atoms with Crippen molar-refractivity contribution in [1.82, 2.24) is 19.4 Å². The Morgan fingerprint density at radius 1 is 0.886 bits per heavy atom. The number of ether oxygens (including phenoxy) is 1. The molecule has 0 amide bonds. The normalized spacial score (nSPS) is 22.6. The van der Waals surface area contributed by atoms with Gasteiger partial charge in [0.1, 0.15) is 5.82 Å². The average molecular weight is 505 g/mol. The number of hydrogen-bond donors (Lipinski definition) is 0. The lowest BCUT2D eigenvalue weighted by Crippen LogP contribution is -2.49. The Hall–Kier alpha value is -2.34. The van der Waals surface area contributed by atoms with E-state index in [1.165, 1.54) is 29.3 Å². The zero-order valence-corrected chi connectivity index (χ0v) is 20.7. The van der Waals surface area contributed by atoms with Crippen LogP contribution in [-0.4, -0.2) is 99.4 Å². The highest BCUT2D eigenvalue weighted by Crippen LogP contribution is 2.21. The second-order valence-corrected chi connectivity index (χ2v) is 11.4.